The lowest BCUT2D eigenvalue weighted by Gasteiger charge is -2.08. The second-order valence-corrected chi connectivity index (χ2v) is 6.67. The number of aromatic nitrogens is 4. The second kappa shape index (κ2) is 7.42. The number of benzene rings is 1. The molecule has 0 atom stereocenters. The molecule has 2 aromatic heterocycles. The van der Waals surface area contributed by atoms with E-state index in [0.29, 0.717) is 22.2 Å². The van der Waals surface area contributed by atoms with E-state index in [-0.39, 0.29) is 17.1 Å². The minimum Gasteiger partial charge on any atom is -0.476 e. The van der Waals surface area contributed by atoms with Gasteiger partial charge in [-0.15, -0.1) is 0 Å². The summed E-state index contributed by atoms with van der Waals surface area (Å²) in [5.41, 5.74) is 1.11. The SMILES string of the molecule is Cc1cc(NC(=O)c2cn(C)nc2C(=O)O)nn1Cc1c(Cl)cccc1Cl. The van der Waals surface area contributed by atoms with Crippen molar-refractivity contribution in [1.82, 2.24) is 19.6 Å². The smallest absolute Gasteiger partial charge is 0.357 e. The van der Waals surface area contributed by atoms with Gasteiger partial charge in [-0.2, -0.15) is 10.2 Å². The third-order valence-corrected chi connectivity index (χ3v) is 4.58. The molecule has 0 bridgehead atoms. The first-order valence-electron chi connectivity index (χ1n) is 7.82. The number of hydrogen-bond donors (Lipinski definition) is 2. The van der Waals surface area contributed by atoms with E-state index in [9.17, 15) is 9.59 Å². The van der Waals surface area contributed by atoms with Crippen LogP contribution in [0.3, 0.4) is 0 Å². The molecular formula is C17H15Cl2N5O3. The largest absolute Gasteiger partial charge is 0.476 e. The number of amides is 1. The number of nitrogens with one attached hydrogen (secondary N) is 1. The zero-order valence-corrected chi connectivity index (χ0v) is 15.9. The molecular weight excluding hydrogens is 393 g/mol. The first-order chi connectivity index (χ1) is 12.8. The van der Waals surface area contributed by atoms with Crippen molar-refractivity contribution in [2.75, 3.05) is 5.32 Å². The Balaban J connectivity index is 1.83. The van der Waals surface area contributed by atoms with Crippen LogP contribution in [0.15, 0.2) is 30.5 Å². The Bertz CT molecular complexity index is 1020. The number of nitrogens with zero attached hydrogens (tertiary/aromatic N) is 4. The number of anilines is 1. The number of carboxylic acid groups (broad SMARTS) is 1. The fraction of sp³-hybridized carbons (Fsp3) is 0.176. The quantitative estimate of drug-likeness (QED) is 0.675. The minimum absolute atomic E-state index is 0.0497. The lowest BCUT2D eigenvalue weighted by Crippen LogP contribution is -2.16. The van der Waals surface area contributed by atoms with Crippen molar-refractivity contribution >= 4 is 40.9 Å². The van der Waals surface area contributed by atoms with Gasteiger partial charge in [-0.05, 0) is 19.1 Å². The van der Waals surface area contributed by atoms with Crippen LogP contribution < -0.4 is 5.32 Å². The summed E-state index contributed by atoms with van der Waals surface area (Å²) in [6.45, 7) is 2.15. The highest BCUT2D eigenvalue weighted by Gasteiger charge is 2.22. The first kappa shape index (κ1) is 18.9. The van der Waals surface area contributed by atoms with Gasteiger partial charge in [0.2, 0.25) is 0 Å². The monoisotopic (exact) mass is 407 g/mol. The minimum atomic E-state index is -1.28. The highest BCUT2D eigenvalue weighted by Crippen LogP contribution is 2.26. The predicted molar refractivity (Wildman–Crippen MR) is 101 cm³/mol. The molecule has 2 heterocycles. The number of carbonyl (C=O) groups is 2. The van der Waals surface area contributed by atoms with E-state index >= 15 is 0 Å². The van der Waals surface area contributed by atoms with Gasteiger partial charge in [0.1, 0.15) is 0 Å². The molecule has 140 valence electrons. The van der Waals surface area contributed by atoms with Crippen LogP contribution in [0.4, 0.5) is 5.82 Å². The van der Waals surface area contributed by atoms with Crippen molar-refractivity contribution in [2.24, 2.45) is 7.05 Å². The van der Waals surface area contributed by atoms with Crippen molar-refractivity contribution < 1.29 is 14.7 Å². The van der Waals surface area contributed by atoms with Crippen molar-refractivity contribution in [1.29, 1.82) is 0 Å². The van der Waals surface area contributed by atoms with Crippen LogP contribution in [0.25, 0.3) is 0 Å². The molecule has 3 aromatic rings. The van der Waals surface area contributed by atoms with E-state index in [1.165, 1.54) is 17.9 Å². The highest BCUT2D eigenvalue weighted by atomic mass is 35.5. The molecule has 0 saturated carbocycles. The maximum atomic E-state index is 12.4. The number of halogens is 2. The summed E-state index contributed by atoms with van der Waals surface area (Å²) in [6.07, 6.45) is 1.34. The standard InChI is InChI=1S/C17H15Cl2N5O3/c1-9-6-14(20-16(25)11-7-23(2)22-15(11)17(26)27)21-24(9)8-10-12(18)4-3-5-13(10)19/h3-7H,8H2,1-2H3,(H,26,27)(H,20,21,25). The van der Waals surface area contributed by atoms with Gasteiger partial charge in [0.25, 0.3) is 5.91 Å². The number of carbonyl (C=O) groups excluding carboxylic acids is 1. The van der Waals surface area contributed by atoms with E-state index in [1.54, 1.807) is 28.9 Å². The molecule has 10 heteroatoms. The van der Waals surface area contributed by atoms with Gasteiger partial charge in [-0.1, -0.05) is 29.3 Å². The van der Waals surface area contributed by atoms with Gasteiger partial charge in [-0.3, -0.25) is 14.2 Å². The number of rotatable bonds is 5. The number of carboxylic acids is 1. The second-order valence-electron chi connectivity index (χ2n) is 5.85. The third-order valence-electron chi connectivity index (χ3n) is 3.87. The molecule has 0 fully saturated rings. The Hall–Kier alpha value is -2.84. The van der Waals surface area contributed by atoms with Crippen LogP contribution >= 0.6 is 23.2 Å². The van der Waals surface area contributed by atoms with E-state index in [2.05, 4.69) is 15.5 Å². The topological polar surface area (TPSA) is 102 Å². The molecule has 1 amide bonds. The van der Waals surface area contributed by atoms with E-state index in [0.717, 1.165) is 5.69 Å². The molecule has 0 aliphatic heterocycles. The summed E-state index contributed by atoms with van der Waals surface area (Å²) < 4.78 is 2.91. The van der Waals surface area contributed by atoms with Gasteiger partial charge in [0, 0.05) is 40.6 Å². The average molecular weight is 408 g/mol. The predicted octanol–water partition coefficient (Wildman–Crippen LogP) is 3.23. The maximum absolute atomic E-state index is 12.4. The Morgan fingerprint density at radius 1 is 1.22 bits per heavy atom. The molecule has 0 unspecified atom stereocenters. The number of hydrogen-bond acceptors (Lipinski definition) is 4. The summed E-state index contributed by atoms with van der Waals surface area (Å²) in [7, 11) is 1.54. The van der Waals surface area contributed by atoms with Crippen molar-refractivity contribution in [2.45, 2.75) is 13.5 Å². The molecule has 0 spiro atoms. The normalized spacial score (nSPS) is 10.8. The lowest BCUT2D eigenvalue weighted by molar-refractivity contribution is 0.0685. The molecule has 3 rings (SSSR count). The third kappa shape index (κ3) is 3.96. The molecule has 0 aliphatic rings. The summed E-state index contributed by atoms with van der Waals surface area (Å²) in [5, 5.41) is 20.9. The molecule has 0 radical (unpaired) electrons. The molecule has 27 heavy (non-hydrogen) atoms. The molecule has 8 nitrogen and oxygen atoms in total. The van der Waals surface area contributed by atoms with Crippen LogP contribution in [0.5, 0.6) is 0 Å². The Kier molecular flexibility index (Phi) is 5.20. The zero-order valence-electron chi connectivity index (χ0n) is 14.4. The Morgan fingerprint density at radius 2 is 1.89 bits per heavy atom. The maximum Gasteiger partial charge on any atom is 0.357 e. The van der Waals surface area contributed by atoms with Crippen LogP contribution in [0, 0.1) is 6.92 Å². The van der Waals surface area contributed by atoms with Crippen LogP contribution in [0.2, 0.25) is 10.0 Å². The Labute approximate surface area is 164 Å². The highest BCUT2D eigenvalue weighted by molar-refractivity contribution is 6.36. The van der Waals surface area contributed by atoms with Gasteiger partial charge in [0.15, 0.2) is 11.5 Å². The summed E-state index contributed by atoms with van der Waals surface area (Å²) >= 11 is 12.4. The van der Waals surface area contributed by atoms with Crippen molar-refractivity contribution in [3.8, 4) is 0 Å². The van der Waals surface area contributed by atoms with E-state index < -0.39 is 11.9 Å². The fourth-order valence-electron chi connectivity index (χ4n) is 2.56. The Morgan fingerprint density at radius 3 is 2.52 bits per heavy atom. The number of aromatic carboxylic acids is 1. The van der Waals surface area contributed by atoms with Crippen molar-refractivity contribution in [3.05, 3.63) is 63.0 Å². The van der Waals surface area contributed by atoms with Crippen molar-refractivity contribution in [3.63, 3.8) is 0 Å². The summed E-state index contributed by atoms with van der Waals surface area (Å²) in [5.74, 6) is -1.61. The molecule has 1 aromatic carbocycles. The van der Waals surface area contributed by atoms with Gasteiger partial charge < -0.3 is 10.4 Å². The zero-order chi connectivity index (χ0) is 19.7. The summed E-state index contributed by atoms with van der Waals surface area (Å²) in [4.78, 5) is 23.6. The van der Waals surface area contributed by atoms with E-state index in [4.69, 9.17) is 28.3 Å². The van der Waals surface area contributed by atoms with Crippen LogP contribution in [-0.2, 0) is 13.6 Å². The van der Waals surface area contributed by atoms with E-state index in [1.807, 2.05) is 6.92 Å². The average Bonchev–Trinajstić information content (AvgIpc) is 3.14. The fourth-order valence-corrected chi connectivity index (χ4v) is 3.08. The lowest BCUT2D eigenvalue weighted by atomic mass is 10.2. The number of aryl methyl sites for hydroxylation is 2. The summed E-state index contributed by atoms with van der Waals surface area (Å²) in [6, 6.07) is 6.89. The molecule has 0 aliphatic carbocycles. The van der Waals surface area contributed by atoms with Gasteiger partial charge in [0.05, 0.1) is 12.1 Å². The van der Waals surface area contributed by atoms with Gasteiger partial charge >= 0.3 is 5.97 Å². The molecule has 0 saturated heterocycles. The van der Waals surface area contributed by atoms with Gasteiger partial charge in [-0.25, -0.2) is 4.79 Å². The molecule has 2 N–H and O–H groups in total. The van der Waals surface area contributed by atoms with Crippen LogP contribution in [0.1, 0.15) is 32.1 Å². The van der Waals surface area contributed by atoms with Crippen LogP contribution in [-0.4, -0.2) is 36.5 Å². The first-order valence-corrected chi connectivity index (χ1v) is 8.57.